The molecule has 4 heteroatoms. The largest absolute Gasteiger partial charge is 0.494 e. The van der Waals surface area contributed by atoms with E-state index in [1.54, 1.807) is 6.07 Å². The van der Waals surface area contributed by atoms with Crippen molar-refractivity contribution < 1.29 is 9.13 Å². The highest BCUT2D eigenvalue weighted by atomic mass is 19.1. The van der Waals surface area contributed by atoms with Gasteiger partial charge in [-0.3, -0.25) is 0 Å². The number of likely N-dealkylation sites (N-methyl/N-ethyl adjacent to an activating group) is 1. The van der Waals surface area contributed by atoms with E-state index in [1.807, 2.05) is 26.2 Å². The molecule has 0 aliphatic carbocycles. The van der Waals surface area contributed by atoms with Crippen molar-refractivity contribution in [2.75, 3.05) is 34.3 Å². The Hall–Kier alpha value is -1.13. The molecule has 0 heterocycles. The van der Waals surface area contributed by atoms with E-state index >= 15 is 0 Å². The molecule has 1 aromatic rings. The molecule has 0 saturated carbocycles. The molecular formula is C15H25FN2O. The molecule has 1 unspecified atom stereocenters. The molecule has 19 heavy (non-hydrogen) atoms. The molecule has 0 aliphatic heterocycles. The van der Waals surface area contributed by atoms with Crippen molar-refractivity contribution in [3.63, 3.8) is 0 Å². The third-order valence-electron chi connectivity index (χ3n) is 3.00. The summed E-state index contributed by atoms with van der Waals surface area (Å²) in [6.45, 7) is 3.96. The van der Waals surface area contributed by atoms with Crippen LogP contribution in [0.2, 0.25) is 0 Å². The first-order chi connectivity index (χ1) is 9.08. The molecule has 0 saturated heterocycles. The van der Waals surface area contributed by atoms with Gasteiger partial charge in [-0.25, -0.2) is 4.39 Å². The number of nitrogens with zero attached hydrogens (tertiary/aromatic N) is 1. The molecule has 1 aromatic carbocycles. The van der Waals surface area contributed by atoms with Gasteiger partial charge >= 0.3 is 0 Å². The summed E-state index contributed by atoms with van der Waals surface area (Å²) in [5.74, 6) is 0.0728. The average Bonchev–Trinajstić information content (AvgIpc) is 2.37. The van der Waals surface area contributed by atoms with Crippen LogP contribution in [0.15, 0.2) is 18.2 Å². The van der Waals surface area contributed by atoms with E-state index in [9.17, 15) is 4.39 Å². The van der Waals surface area contributed by atoms with Gasteiger partial charge in [-0.1, -0.05) is 19.1 Å². The van der Waals surface area contributed by atoms with Crippen LogP contribution in [0.5, 0.6) is 5.75 Å². The molecule has 0 aliphatic rings. The zero-order chi connectivity index (χ0) is 14.3. The highest BCUT2D eigenvalue weighted by Gasteiger charge is 2.15. The van der Waals surface area contributed by atoms with Crippen molar-refractivity contribution in [1.82, 2.24) is 10.2 Å². The Balaban J connectivity index is 2.77. The van der Waals surface area contributed by atoms with Gasteiger partial charge in [-0.05, 0) is 45.1 Å². The second kappa shape index (κ2) is 8.12. The smallest absolute Gasteiger partial charge is 0.168 e. The number of methoxy groups -OCH3 is 1. The summed E-state index contributed by atoms with van der Waals surface area (Å²) in [6.07, 6.45) is 1.74. The maximum atomic E-state index is 14.1. The summed E-state index contributed by atoms with van der Waals surface area (Å²) in [5, 5.41) is 3.46. The molecule has 0 aromatic heterocycles. The van der Waals surface area contributed by atoms with Crippen LogP contribution >= 0.6 is 0 Å². The predicted molar refractivity (Wildman–Crippen MR) is 77.3 cm³/mol. The van der Waals surface area contributed by atoms with Crippen LogP contribution in [0.4, 0.5) is 4.39 Å². The molecule has 0 amide bonds. The second-order valence-electron chi connectivity index (χ2n) is 5.05. The Morgan fingerprint density at radius 1 is 1.37 bits per heavy atom. The Morgan fingerprint density at radius 3 is 2.68 bits per heavy atom. The minimum Gasteiger partial charge on any atom is -0.494 e. The quantitative estimate of drug-likeness (QED) is 0.783. The van der Waals surface area contributed by atoms with Crippen LogP contribution in [0, 0.1) is 5.82 Å². The fourth-order valence-electron chi connectivity index (χ4n) is 2.13. The van der Waals surface area contributed by atoms with Gasteiger partial charge in [-0.15, -0.1) is 0 Å². The van der Waals surface area contributed by atoms with Crippen molar-refractivity contribution in [1.29, 1.82) is 0 Å². The Morgan fingerprint density at radius 2 is 2.11 bits per heavy atom. The van der Waals surface area contributed by atoms with Gasteiger partial charge in [0.1, 0.15) is 0 Å². The lowest BCUT2D eigenvalue weighted by Gasteiger charge is -2.23. The van der Waals surface area contributed by atoms with E-state index < -0.39 is 0 Å². The number of hydrogen-bond donors (Lipinski definition) is 1. The number of hydrogen-bond acceptors (Lipinski definition) is 3. The maximum Gasteiger partial charge on any atom is 0.168 e. The molecule has 1 rings (SSSR count). The second-order valence-corrected chi connectivity index (χ2v) is 5.05. The van der Waals surface area contributed by atoms with Crippen LogP contribution < -0.4 is 10.1 Å². The number of nitrogens with one attached hydrogen (secondary N) is 1. The van der Waals surface area contributed by atoms with Crippen LogP contribution in [0.3, 0.4) is 0 Å². The monoisotopic (exact) mass is 268 g/mol. The van der Waals surface area contributed by atoms with Gasteiger partial charge in [0.25, 0.3) is 0 Å². The van der Waals surface area contributed by atoms with E-state index in [1.165, 1.54) is 7.11 Å². The molecule has 0 fully saturated rings. The zero-order valence-corrected chi connectivity index (χ0v) is 12.4. The molecule has 1 N–H and O–H groups in total. The fraction of sp³-hybridized carbons (Fsp3) is 0.600. The van der Waals surface area contributed by atoms with Crippen LogP contribution in [0.25, 0.3) is 0 Å². The number of ether oxygens (including phenoxy) is 1. The predicted octanol–water partition coefficient (Wildman–Crippen LogP) is 2.31. The Kier molecular flexibility index (Phi) is 6.81. The topological polar surface area (TPSA) is 24.5 Å². The highest BCUT2D eigenvalue weighted by molar-refractivity contribution is 5.31. The molecule has 1 atom stereocenters. The highest BCUT2D eigenvalue weighted by Crippen LogP contribution is 2.21. The lowest BCUT2D eigenvalue weighted by atomic mass is 10.0. The van der Waals surface area contributed by atoms with Crippen LogP contribution in [0.1, 0.15) is 18.9 Å². The van der Waals surface area contributed by atoms with Gasteiger partial charge in [0.15, 0.2) is 11.6 Å². The Labute approximate surface area is 115 Å². The van der Waals surface area contributed by atoms with Crippen molar-refractivity contribution in [2.24, 2.45) is 0 Å². The number of halogens is 1. The standard InChI is InChI=1S/C15H25FN2O/c1-5-9-17-13(11-18(2)3)10-12-7-6-8-14(19-4)15(12)16/h6-8,13,17H,5,9-11H2,1-4H3. The molecule has 0 radical (unpaired) electrons. The SMILES string of the molecule is CCCNC(Cc1cccc(OC)c1F)CN(C)C. The average molecular weight is 268 g/mol. The van der Waals surface area contributed by atoms with Crippen LogP contribution in [-0.2, 0) is 6.42 Å². The van der Waals surface area contributed by atoms with Crippen molar-refractivity contribution in [2.45, 2.75) is 25.8 Å². The fourth-order valence-corrected chi connectivity index (χ4v) is 2.13. The summed E-state index contributed by atoms with van der Waals surface area (Å²) >= 11 is 0. The first kappa shape index (κ1) is 15.9. The lowest BCUT2D eigenvalue weighted by Crippen LogP contribution is -2.40. The van der Waals surface area contributed by atoms with Crippen molar-refractivity contribution >= 4 is 0 Å². The van der Waals surface area contributed by atoms with Gasteiger partial charge in [-0.2, -0.15) is 0 Å². The summed E-state index contributed by atoms with van der Waals surface area (Å²) in [4.78, 5) is 2.12. The van der Waals surface area contributed by atoms with Crippen molar-refractivity contribution in [3.8, 4) is 5.75 Å². The molecule has 0 spiro atoms. The van der Waals surface area contributed by atoms with Gasteiger partial charge in [0.05, 0.1) is 7.11 Å². The van der Waals surface area contributed by atoms with Crippen LogP contribution in [-0.4, -0.2) is 45.2 Å². The third-order valence-corrected chi connectivity index (χ3v) is 3.00. The van der Waals surface area contributed by atoms with E-state index in [2.05, 4.69) is 17.1 Å². The van der Waals surface area contributed by atoms with E-state index in [0.29, 0.717) is 17.7 Å². The zero-order valence-electron chi connectivity index (χ0n) is 12.4. The first-order valence-electron chi connectivity index (χ1n) is 6.78. The normalized spacial score (nSPS) is 12.7. The third kappa shape index (κ3) is 5.17. The molecule has 0 bridgehead atoms. The lowest BCUT2D eigenvalue weighted by molar-refractivity contribution is 0.332. The Bertz CT molecular complexity index is 382. The minimum atomic E-state index is -0.243. The summed E-state index contributed by atoms with van der Waals surface area (Å²) < 4.78 is 19.2. The van der Waals surface area contributed by atoms with Gasteiger partial charge in [0.2, 0.25) is 0 Å². The number of benzene rings is 1. The molecule has 3 nitrogen and oxygen atoms in total. The summed E-state index contributed by atoms with van der Waals surface area (Å²) in [6, 6.07) is 5.56. The van der Waals surface area contributed by atoms with Crippen molar-refractivity contribution in [3.05, 3.63) is 29.6 Å². The minimum absolute atomic E-state index is 0.243. The van der Waals surface area contributed by atoms with Gasteiger partial charge in [0, 0.05) is 12.6 Å². The number of rotatable bonds is 8. The van der Waals surface area contributed by atoms with Gasteiger partial charge < -0.3 is 15.0 Å². The maximum absolute atomic E-state index is 14.1. The molecular weight excluding hydrogens is 243 g/mol. The summed E-state index contributed by atoms with van der Waals surface area (Å²) in [5.41, 5.74) is 0.704. The molecule has 108 valence electrons. The van der Waals surface area contributed by atoms with E-state index in [0.717, 1.165) is 19.5 Å². The van der Waals surface area contributed by atoms with E-state index in [4.69, 9.17) is 4.74 Å². The summed E-state index contributed by atoms with van der Waals surface area (Å²) in [7, 11) is 5.56. The first-order valence-corrected chi connectivity index (χ1v) is 6.78. The van der Waals surface area contributed by atoms with E-state index in [-0.39, 0.29) is 11.9 Å².